The Kier molecular flexibility index (Phi) is 8.24. The average molecular weight is 770 g/mol. The maximum atomic E-state index is 6.43. The zero-order chi connectivity index (χ0) is 30.5. The summed E-state index contributed by atoms with van der Waals surface area (Å²) in [6.45, 7) is 13.0. The Morgan fingerprint density at radius 1 is 0.733 bits per heavy atom. The number of para-hydroxylation sites is 1. The van der Waals surface area contributed by atoms with Crippen molar-refractivity contribution in [3.05, 3.63) is 131 Å². The first-order valence-electron chi connectivity index (χ1n) is 15.1. The molecule has 5 nitrogen and oxygen atoms in total. The van der Waals surface area contributed by atoms with E-state index < -0.39 is 0 Å². The van der Waals surface area contributed by atoms with E-state index in [1.54, 1.807) is 0 Å². The molecular formula is C39H34N4OPt. The molecule has 45 heavy (non-hydrogen) atoms. The van der Waals surface area contributed by atoms with Crippen LogP contribution in [-0.4, -0.2) is 19.3 Å². The van der Waals surface area contributed by atoms with Crippen molar-refractivity contribution in [2.24, 2.45) is 0 Å². The van der Waals surface area contributed by atoms with Gasteiger partial charge < -0.3 is 9.30 Å². The maximum absolute atomic E-state index is 6.43. The van der Waals surface area contributed by atoms with Gasteiger partial charge in [-0.3, -0.25) is 4.68 Å². The normalized spacial score (nSPS) is 11.4. The Morgan fingerprint density at radius 2 is 1.47 bits per heavy atom. The number of nitrogens with zero attached hydrogens (tertiary/aromatic N) is 4. The molecule has 0 N–H and O–H groups in total. The first-order valence-corrected chi connectivity index (χ1v) is 15.1. The second-order valence-electron chi connectivity index (χ2n) is 11.8. The number of fused-ring (bicyclic) bond motifs is 3. The molecule has 0 atom stereocenters. The number of hydrogen-bond donors (Lipinski definition) is 0. The molecule has 4 aromatic carbocycles. The van der Waals surface area contributed by atoms with Crippen molar-refractivity contribution in [1.82, 2.24) is 19.3 Å². The molecule has 7 aromatic rings. The minimum absolute atomic E-state index is 0. The molecule has 0 amide bonds. The number of rotatable bonds is 6. The van der Waals surface area contributed by atoms with Gasteiger partial charge in [0.15, 0.2) is 0 Å². The second kappa shape index (κ2) is 12.1. The summed E-state index contributed by atoms with van der Waals surface area (Å²) >= 11 is 0. The van der Waals surface area contributed by atoms with Crippen molar-refractivity contribution >= 4 is 21.8 Å². The third kappa shape index (κ3) is 5.40. The van der Waals surface area contributed by atoms with Gasteiger partial charge in [-0.05, 0) is 85.1 Å². The zero-order valence-electron chi connectivity index (χ0n) is 26.3. The van der Waals surface area contributed by atoms with Crippen LogP contribution in [0.2, 0.25) is 0 Å². The fraction of sp³-hybridized carbons (Fsp3) is 0.179. The summed E-state index contributed by atoms with van der Waals surface area (Å²) in [4.78, 5) is 4.69. The maximum Gasteiger partial charge on any atom is 2.00 e. The van der Waals surface area contributed by atoms with Crippen LogP contribution < -0.4 is 4.74 Å². The Balaban J connectivity index is 0.00000357. The van der Waals surface area contributed by atoms with Gasteiger partial charge in [-0.25, -0.2) is 4.98 Å². The standard InChI is InChI=1S/C39H34N4O.Pt/c1-24(2)39-38(37-26(4)11-9-12-27(37)5)28(6)41-43(39)29-13-10-14-30(22-29)44-31-17-18-33-32-15-7-8-16-34(32)42(35(33)23-31)36-21-25(3)19-20-40-36;/h7-21,24H,1-6H3;/q-2;+2. The van der Waals surface area contributed by atoms with Crippen LogP contribution in [0.15, 0.2) is 91.1 Å². The van der Waals surface area contributed by atoms with E-state index in [1.165, 1.54) is 22.3 Å². The van der Waals surface area contributed by atoms with Crippen molar-refractivity contribution in [2.75, 3.05) is 0 Å². The molecule has 0 aliphatic carbocycles. The van der Waals surface area contributed by atoms with Gasteiger partial charge >= 0.3 is 21.1 Å². The van der Waals surface area contributed by atoms with Crippen molar-refractivity contribution < 1.29 is 25.8 Å². The second-order valence-corrected chi connectivity index (χ2v) is 11.8. The van der Waals surface area contributed by atoms with E-state index in [0.717, 1.165) is 50.3 Å². The smallest absolute Gasteiger partial charge is 0.509 e. The van der Waals surface area contributed by atoms with E-state index in [1.807, 2.05) is 41.2 Å². The quantitative estimate of drug-likeness (QED) is 0.158. The molecule has 0 bridgehead atoms. The van der Waals surface area contributed by atoms with Crippen LogP contribution in [0.3, 0.4) is 0 Å². The Hall–Kier alpha value is -4.47. The van der Waals surface area contributed by atoms with Crippen LogP contribution in [-0.2, 0) is 21.1 Å². The topological polar surface area (TPSA) is 44.9 Å². The summed E-state index contributed by atoms with van der Waals surface area (Å²) in [6, 6.07) is 36.0. The molecule has 0 spiro atoms. The molecule has 226 valence electrons. The molecule has 0 fully saturated rings. The summed E-state index contributed by atoms with van der Waals surface area (Å²) in [5.41, 5.74) is 11.1. The van der Waals surface area contributed by atoms with Crippen LogP contribution >= 0.6 is 0 Å². The minimum Gasteiger partial charge on any atom is -0.509 e. The van der Waals surface area contributed by atoms with E-state index in [4.69, 9.17) is 14.8 Å². The number of aryl methyl sites for hydroxylation is 4. The van der Waals surface area contributed by atoms with Crippen LogP contribution in [0, 0.1) is 39.8 Å². The molecule has 3 heterocycles. The van der Waals surface area contributed by atoms with Gasteiger partial charge in [0.2, 0.25) is 0 Å². The molecule has 0 saturated heterocycles. The van der Waals surface area contributed by atoms with E-state index in [9.17, 15) is 0 Å². The number of ether oxygens (including phenoxy) is 1. The van der Waals surface area contributed by atoms with E-state index in [0.29, 0.717) is 11.5 Å². The van der Waals surface area contributed by atoms with Gasteiger partial charge in [-0.2, -0.15) is 17.2 Å². The SMILES string of the molecule is Cc1ccnc(-n2c3[c-]c(Oc4[c-]c(-n5nc(C)c(-c6c(C)cccc6C)c5C(C)C)ccc4)ccc3c3ccccc32)c1.[Pt+2]. The fourth-order valence-electron chi connectivity index (χ4n) is 6.33. The largest absolute Gasteiger partial charge is 2.00 e. The van der Waals surface area contributed by atoms with Crippen LogP contribution in [0.4, 0.5) is 0 Å². The molecular weight excluding hydrogens is 736 g/mol. The van der Waals surface area contributed by atoms with Gasteiger partial charge in [0.1, 0.15) is 5.82 Å². The molecule has 3 aromatic heterocycles. The summed E-state index contributed by atoms with van der Waals surface area (Å²) < 4.78 is 10.6. The van der Waals surface area contributed by atoms with Crippen LogP contribution in [0.25, 0.3) is 44.4 Å². The number of pyridine rings is 1. The van der Waals surface area contributed by atoms with Gasteiger partial charge in [0.25, 0.3) is 0 Å². The molecule has 0 radical (unpaired) electrons. The predicted molar refractivity (Wildman–Crippen MR) is 178 cm³/mol. The molecule has 0 aliphatic rings. The number of hydrogen-bond acceptors (Lipinski definition) is 3. The average Bonchev–Trinajstić information content (AvgIpc) is 3.52. The van der Waals surface area contributed by atoms with Crippen molar-refractivity contribution in [3.8, 4) is 34.1 Å². The first-order chi connectivity index (χ1) is 21.3. The van der Waals surface area contributed by atoms with Gasteiger partial charge in [0.05, 0.1) is 11.4 Å². The number of aromatic nitrogens is 4. The van der Waals surface area contributed by atoms with E-state index in [2.05, 4.69) is 113 Å². The molecule has 0 saturated carbocycles. The molecule has 0 aliphatic heterocycles. The monoisotopic (exact) mass is 769 g/mol. The van der Waals surface area contributed by atoms with Crippen molar-refractivity contribution in [3.63, 3.8) is 0 Å². The van der Waals surface area contributed by atoms with Crippen molar-refractivity contribution in [1.29, 1.82) is 0 Å². The fourth-order valence-corrected chi connectivity index (χ4v) is 6.33. The third-order valence-corrected chi connectivity index (χ3v) is 8.26. The van der Waals surface area contributed by atoms with E-state index >= 15 is 0 Å². The summed E-state index contributed by atoms with van der Waals surface area (Å²) in [7, 11) is 0. The minimum atomic E-state index is 0. The van der Waals surface area contributed by atoms with Crippen LogP contribution in [0.1, 0.15) is 47.8 Å². The van der Waals surface area contributed by atoms with Gasteiger partial charge in [-0.1, -0.05) is 55.8 Å². The molecule has 7 rings (SSSR count). The molecule has 0 unspecified atom stereocenters. The third-order valence-electron chi connectivity index (χ3n) is 8.26. The zero-order valence-corrected chi connectivity index (χ0v) is 28.5. The van der Waals surface area contributed by atoms with E-state index in [-0.39, 0.29) is 27.0 Å². The first kappa shape index (κ1) is 30.6. The predicted octanol–water partition coefficient (Wildman–Crippen LogP) is 9.78. The Labute approximate surface area is 278 Å². The number of benzene rings is 4. The Morgan fingerprint density at radius 3 is 2.22 bits per heavy atom. The van der Waals surface area contributed by atoms with Crippen LogP contribution in [0.5, 0.6) is 11.5 Å². The van der Waals surface area contributed by atoms with Gasteiger partial charge in [-0.15, -0.1) is 35.7 Å². The van der Waals surface area contributed by atoms with Gasteiger partial charge in [0, 0.05) is 28.8 Å². The summed E-state index contributed by atoms with van der Waals surface area (Å²) in [6.07, 6.45) is 1.85. The molecule has 6 heteroatoms. The van der Waals surface area contributed by atoms with Crippen molar-refractivity contribution in [2.45, 2.75) is 47.5 Å². The summed E-state index contributed by atoms with van der Waals surface area (Å²) in [5.74, 6) is 2.31. The Bertz CT molecular complexity index is 2170. The summed E-state index contributed by atoms with van der Waals surface area (Å²) in [5, 5.41) is 7.29.